The van der Waals surface area contributed by atoms with Crippen LogP contribution >= 0.6 is 0 Å². The molecule has 0 aliphatic heterocycles. The van der Waals surface area contributed by atoms with Crippen LogP contribution in [0.2, 0.25) is 0 Å². The monoisotopic (exact) mass is 213 g/mol. The average molecular weight is 213 g/mol. The van der Waals surface area contributed by atoms with Crippen LogP contribution in [0.25, 0.3) is 0 Å². The quantitative estimate of drug-likeness (QED) is 0.707. The molecule has 15 heavy (non-hydrogen) atoms. The summed E-state index contributed by atoms with van der Waals surface area (Å²) in [6, 6.07) is 0. The summed E-state index contributed by atoms with van der Waals surface area (Å²) in [4.78, 5) is 23.7. The Morgan fingerprint density at radius 3 is 2.27 bits per heavy atom. The lowest BCUT2D eigenvalue weighted by atomic mass is 10.0. The summed E-state index contributed by atoms with van der Waals surface area (Å²) in [7, 11) is 0. The molecule has 0 spiro atoms. The van der Waals surface area contributed by atoms with E-state index in [9.17, 15) is 9.59 Å². The van der Waals surface area contributed by atoms with Crippen molar-refractivity contribution in [2.75, 3.05) is 6.54 Å². The topological polar surface area (TPSA) is 57.6 Å². The van der Waals surface area contributed by atoms with Gasteiger partial charge in [-0.05, 0) is 20.8 Å². The number of hydrogen-bond acceptors (Lipinski definition) is 2. The highest BCUT2D eigenvalue weighted by atomic mass is 16.4. The van der Waals surface area contributed by atoms with Crippen LogP contribution in [0.5, 0.6) is 0 Å². The molecule has 0 aromatic rings. The van der Waals surface area contributed by atoms with Crippen LogP contribution < -0.4 is 0 Å². The Labute approximate surface area is 90.6 Å². The minimum atomic E-state index is -0.893. The average Bonchev–Trinajstić information content (AvgIpc) is 2.01. The summed E-state index contributed by atoms with van der Waals surface area (Å²) in [5.41, 5.74) is -0.352. The molecule has 0 unspecified atom stereocenters. The largest absolute Gasteiger partial charge is 0.481 e. The van der Waals surface area contributed by atoms with Gasteiger partial charge in [0.25, 0.3) is 0 Å². The van der Waals surface area contributed by atoms with Crippen LogP contribution in [0.15, 0.2) is 12.7 Å². The third kappa shape index (κ3) is 5.20. The molecule has 0 aromatic carbocycles. The number of amides is 1. The standard InChI is InChI=1S/C11H19NO3/c1-5-6-9(13)12(11(2,3)4)8-7-10(14)15/h5H,1,6-8H2,2-4H3,(H,14,15). The molecule has 0 saturated heterocycles. The first-order chi connectivity index (χ1) is 6.79. The van der Waals surface area contributed by atoms with Crippen molar-refractivity contribution in [3.8, 4) is 0 Å². The molecule has 0 aromatic heterocycles. The first-order valence-electron chi connectivity index (χ1n) is 4.92. The van der Waals surface area contributed by atoms with Gasteiger partial charge in [0.05, 0.1) is 6.42 Å². The highest BCUT2D eigenvalue weighted by Crippen LogP contribution is 2.15. The minimum absolute atomic E-state index is 0.0276. The molecule has 4 nitrogen and oxygen atoms in total. The molecule has 0 bridgehead atoms. The van der Waals surface area contributed by atoms with Crippen molar-refractivity contribution in [3.05, 3.63) is 12.7 Å². The first kappa shape index (κ1) is 13.7. The van der Waals surface area contributed by atoms with Crippen LogP contribution in [0.3, 0.4) is 0 Å². The minimum Gasteiger partial charge on any atom is -0.481 e. The van der Waals surface area contributed by atoms with Gasteiger partial charge in [0.1, 0.15) is 0 Å². The van der Waals surface area contributed by atoms with E-state index in [0.29, 0.717) is 0 Å². The van der Waals surface area contributed by atoms with E-state index < -0.39 is 5.97 Å². The van der Waals surface area contributed by atoms with Crippen LogP contribution in [-0.2, 0) is 9.59 Å². The zero-order valence-corrected chi connectivity index (χ0v) is 9.62. The summed E-state index contributed by atoms with van der Waals surface area (Å²) < 4.78 is 0. The van der Waals surface area contributed by atoms with Gasteiger partial charge in [-0.1, -0.05) is 6.08 Å². The highest BCUT2D eigenvalue weighted by Gasteiger charge is 2.25. The number of aliphatic carboxylic acids is 1. The molecule has 1 amide bonds. The van der Waals surface area contributed by atoms with E-state index in [1.807, 2.05) is 20.8 Å². The smallest absolute Gasteiger partial charge is 0.305 e. The van der Waals surface area contributed by atoms with Crippen molar-refractivity contribution in [2.24, 2.45) is 0 Å². The third-order valence-corrected chi connectivity index (χ3v) is 1.98. The predicted octanol–water partition coefficient (Wildman–Crippen LogP) is 1.66. The molecule has 0 rings (SSSR count). The van der Waals surface area contributed by atoms with E-state index in [2.05, 4.69) is 6.58 Å². The highest BCUT2D eigenvalue weighted by molar-refractivity contribution is 5.79. The fourth-order valence-electron chi connectivity index (χ4n) is 1.28. The van der Waals surface area contributed by atoms with Gasteiger partial charge >= 0.3 is 5.97 Å². The lowest BCUT2D eigenvalue weighted by Crippen LogP contribution is -2.46. The molecule has 0 aliphatic carbocycles. The first-order valence-corrected chi connectivity index (χ1v) is 4.92. The molecule has 0 radical (unpaired) electrons. The van der Waals surface area contributed by atoms with Crippen molar-refractivity contribution in [3.63, 3.8) is 0 Å². The summed E-state index contributed by atoms with van der Waals surface area (Å²) in [6.07, 6.45) is 1.75. The van der Waals surface area contributed by atoms with Crippen LogP contribution in [-0.4, -0.2) is 34.0 Å². The van der Waals surface area contributed by atoms with Crippen LogP contribution in [0, 0.1) is 0 Å². The molecule has 0 aliphatic rings. The number of nitrogens with zero attached hydrogens (tertiary/aromatic N) is 1. The third-order valence-electron chi connectivity index (χ3n) is 1.98. The van der Waals surface area contributed by atoms with E-state index in [1.165, 1.54) is 6.08 Å². The number of carboxylic acids is 1. The molecule has 0 atom stereocenters. The van der Waals surface area contributed by atoms with Gasteiger partial charge in [-0.2, -0.15) is 0 Å². The zero-order valence-electron chi connectivity index (χ0n) is 9.62. The van der Waals surface area contributed by atoms with Gasteiger partial charge in [0.2, 0.25) is 5.91 Å². The van der Waals surface area contributed by atoms with E-state index in [1.54, 1.807) is 4.90 Å². The number of carboxylic acid groups (broad SMARTS) is 1. The van der Waals surface area contributed by atoms with Crippen molar-refractivity contribution >= 4 is 11.9 Å². The molecule has 0 heterocycles. The van der Waals surface area contributed by atoms with Crippen LogP contribution in [0.4, 0.5) is 0 Å². The Kier molecular flexibility index (Phi) is 5.05. The van der Waals surface area contributed by atoms with Gasteiger partial charge in [0, 0.05) is 18.5 Å². The molecular formula is C11H19NO3. The molecule has 4 heteroatoms. The van der Waals surface area contributed by atoms with Gasteiger partial charge in [-0.25, -0.2) is 0 Å². The number of hydrogen-bond donors (Lipinski definition) is 1. The van der Waals surface area contributed by atoms with Gasteiger partial charge in [0.15, 0.2) is 0 Å². The maximum Gasteiger partial charge on any atom is 0.305 e. The number of rotatable bonds is 5. The second kappa shape index (κ2) is 5.53. The Balaban J connectivity index is 4.51. The predicted molar refractivity (Wildman–Crippen MR) is 58.5 cm³/mol. The van der Waals surface area contributed by atoms with E-state index in [4.69, 9.17) is 5.11 Å². The molecule has 86 valence electrons. The van der Waals surface area contributed by atoms with Crippen molar-refractivity contribution in [1.29, 1.82) is 0 Å². The van der Waals surface area contributed by atoms with Gasteiger partial charge < -0.3 is 10.0 Å². The molecular weight excluding hydrogens is 194 g/mol. The lowest BCUT2D eigenvalue weighted by Gasteiger charge is -2.35. The van der Waals surface area contributed by atoms with Crippen molar-refractivity contribution in [1.82, 2.24) is 4.90 Å². The Hall–Kier alpha value is -1.32. The SMILES string of the molecule is C=CCC(=O)N(CCC(=O)O)C(C)(C)C. The summed E-state index contributed by atoms with van der Waals surface area (Å²) in [5.74, 6) is -0.977. The Bertz CT molecular complexity index is 253. The Morgan fingerprint density at radius 2 is 1.93 bits per heavy atom. The van der Waals surface area contributed by atoms with Crippen LogP contribution in [0.1, 0.15) is 33.6 Å². The van der Waals surface area contributed by atoms with Gasteiger partial charge in [-0.3, -0.25) is 9.59 Å². The second-order valence-corrected chi connectivity index (χ2v) is 4.35. The van der Waals surface area contributed by atoms with E-state index in [0.717, 1.165) is 0 Å². The zero-order chi connectivity index (χ0) is 12.1. The van der Waals surface area contributed by atoms with E-state index in [-0.39, 0.29) is 30.8 Å². The summed E-state index contributed by atoms with van der Waals surface area (Å²) in [5, 5.41) is 8.58. The fourth-order valence-corrected chi connectivity index (χ4v) is 1.28. The Morgan fingerprint density at radius 1 is 1.40 bits per heavy atom. The number of carbonyl (C=O) groups is 2. The number of carbonyl (C=O) groups excluding carboxylic acids is 1. The summed E-state index contributed by atoms with van der Waals surface area (Å²) in [6.45, 7) is 9.39. The maximum absolute atomic E-state index is 11.7. The van der Waals surface area contributed by atoms with Crippen molar-refractivity contribution < 1.29 is 14.7 Å². The second-order valence-electron chi connectivity index (χ2n) is 4.35. The fraction of sp³-hybridized carbons (Fsp3) is 0.636. The van der Waals surface area contributed by atoms with E-state index >= 15 is 0 Å². The normalized spacial score (nSPS) is 10.9. The summed E-state index contributed by atoms with van der Waals surface area (Å²) >= 11 is 0. The molecule has 0 fully saturated rings. The lowest BCUT2D eigenvalue weighted by molar-refractivity contribution is -0.140. The molecule has 0 saturated carbocycles. The van der Waals surface area contributed by atoms with Crippen molar-refractivity contribution in [2.45, 2.75) is 39.2 Å². The van der Waals surface area contributed by atoms with Gasteiger partial charge in [-0.15, -0.1) is 6.58 Å². The maximum atomic E-state index is 11.7. The molecule has 1 N–H and O–H groups in total.